The zero-order valence-electron chi connectivity index (χ0n) is 10.9. The molecule has 0 aliphatic rings. The number of ether oxygens (including phenoxy) is 1. The summed E-state index contributed by atoms with van der Waals surface area (Å²) in [6.45, 7) is 0. The van der Waals surface area contributed by atoms with Gasteiger partial charge in [-0.2, -0.15) is 13.2 Å². The Hall–Kier alpha value is -2.57. The van der Waals surface area contributed by atoms with Gasteiger partial charge in [0.2, 0.25) is 0 Å². The first-order valence-corrected chi connectivity index (χ1v) is 6.05. The molecule has 0 saturated carbocycles. The van der Waals surface area contributed by atoms with Crippen LogP contribution in [-0.2, 0) is 6.18 Å². The lowest BCUT2D eigenvalue weighted by Gasteiger charge is -2.09. The number of nitrogens with zero attached hydrogens (tertiary/aromatic N) is 2. The molecule has 1 N–H and O–H groups in total. The van der Waals surface area contributed by atoms with Gasteiger partial charge in [-0.05, 0) is 24.3 Å². The van der Waals surface area contributed by atoms with E-state index in [9.17, 15) is 13.2 Å². The van der Waals surface area contributed by atoms with Gasteiger partial charge in [-0.25, -0.2) is 4.98 Å². The van der Waals surface area contributed by atoms with E-state index in [1.54, 1.807) is 18.2 Å². The minimum absolute atomic E-state index is 0.0752. The number of halogens is 3. The summed E-state index contributed by atoms with van der Waals surface area (Å²) in [7, 11) is 1.51. The molecule has 2 heterocycles. The summed E-state index contributed by atoms with van der Waals surface area (Å²) in [4.78, 5) is 10.8. The number of H-pyrrole nitrogens is 1. The van der Waals surface area contributed by atoms with Crippen LogP contribution in [0.5, 0.6) is 5.75 Å². The summed E-state index contributed by atoms with van der Waals surface area (Å²) >= 11 is 0. The first-order chi connectivity index (χ1) is 9.99. The molecule has 1 aromatic carbocycles. The van der Waals surface area contributed by atoms with Crippen molar-refractivity contribution in [2.24, 2.45) is 0 Å². The molecule has 0 aliphatic carbocycles. The van der Waals surface area contributed by atoms with Gasteiger partial charge in [0, 0.05) is 12.3 Å². The van der Waals surface area contributed by atoms with Crippen LogP contribution in [0.2, 0.25) is 0 Å². The van der Waals surface area contributed by atoms with Crippen molar-refractivity contribution >= 4 is 11.0 Å². The van der Waals surface area contributed by atoms with Crippen molar-refractivity contribution in [1.82, 2.24) is 15.0 Å². The van der Waals surface area contributed by atoms with Gasteiger partial charge in [-0.1, -0.05) is 0 Å². The fraction of sp³-hybridized carbons (Fsp3) is 0.143. The molecule has 0 aliphatic heterocycles. The maximum Gasteiger partial charge on any atom is 0.418 e. The van der Waals surface area contributed by atoms with E-state index in [4.69, 9.17) is 4.74 Å². The van der Waals surface area contributed by atoms with E-state index in [0.717, 1.165) is 6.07 Å². The number of aromatic amines is 1. The summed E-state index contributed by atoms with van der Waals surface area (Å²) < 4.78 is 44.1. The summed E-state index contributed by atoms with van der Waals surface area (Å²) in [5.74, 6) is 0.668. The third kappa shape index (κ3) is 2.42. The lowest BCUT2D eigenvalue weighted by Crippen LogP contribution is -2.08. The number of methoxy groups -OCH3 is 1. The zero-order valence-corrected chi connectivity index (χ0v) is 10.9. The van der Waals surface area contributed by atoms with Crippen molar-refractivity contribution in [2.75, 3.05) is 7.11 Å². The van der Waals surface area contributed by atoms with Crippen LogP contribution in [0.25, 0.3) is 22.6 Å². The highest BCUT2D eigenvalue weighted by atomic mass is 19.4. The minimum atomic E-state index is -4.49. The highest BCUT2D eigenvalue weighted by Crippen LogP contribution is 2.35. The smallest absolute Gasteiger partial charge is 0.418 e. The number of benzene rings is 1. The number of pyridine rings is 1. The summed E-state index contributed by atoms with van der Waals surface area (Å²) in [6.07, 6.45) is -3.18. The number of rotatable bonds is 2. The van der Waals surface area contributed by atoms with Gasteiger partial charge in [-0.15, -0.1) is 0 Å². The highest BCUT2D eigenvalue weighted by molar-refractivity contribution is 5.80. The Kier molecular flexibility index (Phi) is 3.04. The van der Waals surface area contributed by atoms with Crippen LogP contribution in [0.1, 0.15) is 5.56 Å². The molecule has 0 radical (unpaired) electrons. The Bertz CT molecular complexity index is 796. The van der Waals surface area contributed by atoms with E-state index in [1.165, 1.54) is 19.4 Å². The number of hydrogen-bond donors (Lipinski definition) is 1. The number of hydrogen-bond acceptors (Lipinski definition) is 3. The lowest BCUT2D eigenvalue weighted by molar-refractivity contribution is -0.137. The van der Waals surface area contributed by atoms with E-state index < -0.39 is 11.7 Å². The predicted molar refractivity (Wildman–Crippen MR) is 70.9 cm³/mol. The van der Waals surface area contributed by atoms with Gasteiger partial charge >= 0.3 is 6.18 Å². The third-order valence-electron chi connectivity index (χ3n) is 3.03. The highest BCUT2D eigenvalue weighted by Gasteiger charge is 2.35. The number of fused-ring (bicyclic) bond motifs is 1. The number of nitrogens with one attached hydrogen (secondary N) is 1. The molecule has 0 unspecified atom stereocenters. The van der Waals surface area contributed by atoms with E-state index in [2.05, 4.69) is 15.0 Å². The van der Waals surface area contributed by atoms with Crippen LogP contribution >= 0.6 is 0 Å². The molecular weight excluding hydrogens is 283 g/mol. The Balaban J connectivity index is 2.17. The fourth-order valence-electron chi connectivity index (χ4n) is 2.05. The second kappa shape index (κ2) is 4.76. The maximum atomic E-state index is 13.0. The molecule has 0 spiro atoms. The van der Waals surface area contributed by atoms with Gasteiger partial charge < -0.3 is 9.72 Å². The van der Waals surface area contributed by atoms with E-state index in [0.29, 0.717) is 16.8 Å². The Morgan fingerprint density at radius 1 is 1.19 bits per heavy atom. The van der Waals surface area contributed by atoms with Crippen molar-refractivity contribution in [3.63, 3.8) is 0 Å². The average Bonchev–Trinajstić information content (AvgIpc) is 2.89. The van der Waals surface area contributed by atoms with Crippen LogP contribution in [0, 0.1) is 0 Å². The fourth-order valence-corrected chi connectivity index (χ4v) is 2.05. The molecule has 7 heteroatoms. The first kappa shape index (κ1) is 13.4. The van der Waals surface area contributed by atoms with Crippen LogP contribution in [0.3, 0.4) is 0 Å². The van der Waals surface area contributed by atoms with Crippen LogP contribution in [-0.4, -0.2) is 22.1 Å². The van der Waals surface area contributed by atoms with E-state index in [1.807, 2.05) is 0 Å². The van der Waals surface area contributed by atoms with Crippen LogP contribution < -0.4 is 4.74 Å². The van der Waals surface area contributed by atoms with Crippen molar-refractivity contribution < 1.29 is 17.9 Å². The molecule has 108 valence electrons. The molecular formula is C14H10F3N3O. The van der Waals surface area contributed by atoms with Crippen molar-refractivity contribution in [3.8, 4) is 17.3 Å². The second-order valence-electron chi connectivity index (χ2n) is 4.37. The molecule has 0 amide bonds. The van der Waals surface area contributed by atoms with Gasteiger partial charge in [-0.3, -0.25) is 4.98 Å². The van der Waals surface area contributed by atoms with Crippen LogP contribution in [0.15, 0.2) is 36.5 Å². The standard InChI is InChI=1S/C14H10F3N3O/c1-21-8-4-5-10-11(7-8)20-13(19-10)12-9(14(15,16)17)3-2-6-18-12/h2-7H,1H3,(H,19,20). The molecule has 0 bridgehead atoms. The largest absolute Gasteiger partial charge is 0.497 e. The zero-order chi connectivity index (χ0) is 15.0. The monoisotopic (exact) mass is 293 g/mol. The van der Waals surface area contributed by atoms with Crippen molar-refractivity contribution in [3.05, 3.63) is 42.1 Å². The third-order valence-corrected chi connectivity index (χ3v) is 3.03. The number of aromatic nitrogens is 3. The Labute approximate surface area is 117 Å². The van der Waals surface area contributed by atoms with Crippen molar-refractivity contribution in [1.29, 1.82) is 0 Å². The first-order valence-electron chi connectivity index (χ1n) is 6.05. The number of alkyl halides is 3. The SMILES string of the molecule is COc1ccc2nc(-c3ncccc3C(F)(F)F)[nH]c2c1. The molecule has 2 aromatic heterocycles. The average molecular weight is 293 g/mol. The lowest BCUT2D eigenvalue weighted by atomic mass is 10.2. The molecule has 21 heavy (non-hydrogen) atoms. The second-order valence-corrected chi connectivity index (χ2v) is 4.37. The maximum absolute atomic E-state index is 13.0. The molecule has 0 fully saturated rings. The minimum Gasteiger partial charge on any atom is -0.497 e. The van der Waals surface area contributed by atoms with Crippen LogP contribution in [0.4, 0.5) is 13.2 Å². The van der Waals surface area contributed by atoms with E-state index >= 15 is 0 Å². The molecule has 0 atom stereocenters. The Morgan fingerprint density at radius 2 is 2.00 bits per heavy atom. The summed E-state index contributed by atoms with van der Waals surface area (Å²) in [5, 5.41) is 0. The summed E-state index contributed by atoms with van der Waals surface area (Å²) in [5.41, 5.74) is 0.0869. The van der Waals surface area contributed by atoms with Gasteiger partial charge in [0.25, 0.3) is 0 Å². The molecule has 0 saturated heterocycles. The molecule has 3 rings (SSSR count). The molecule has 4 nitrogen and oxygen atoms in total. The van der Waals surface area contributed by atoms with E-state index in [-0.39, 0.29) is 11.5 Å². The van der Waals surface area contributed by atoms with Gasteiger partial charge in [0.15, 0.2) is 5.82 Å². The van der Waals surface area contributed by atoms with Gasteiger partial charge in [0.1, 0.15) is 11.4 Å². The Morgan fingerprint density at radius 3 is 2.71 bits per heavy atom. The number of imidazole rings is 1. The summed E-state index contributed by atoms with van der Waals surface area (Å²) in [6, 6.07) is 7.26. The van der Waals surface area contributed by atoms with Gasteiger partial charge in [0.05, 0.1) is 23.7 Å². The molecule has 3 aromatic rings. The quantitative estimate of drug-likeness (QED) is 0.784. The normalized spacial score (nSPS) is 11.8. The predicted octanol–water partition coefficient (Wildman–Crippen LogP) is 3.65. The topological polar surface area (TPSA) is 50.8 Å². The van der Waals surface area contributed by atoms with Crippen molar-refractivity contribution in [2.45, 2.75) is 6.18 Å².